The van der Waals surface area contributed by atoms with Gasteiger partial charge in [0, 0.05) is 17.0 Å². The van der Waals surface area contributed by atoms with E-state index in [9.17, 15) is 30.3 Å². The number of rotatable bonds is 6. The zero-order chi connectivity index (χ0) is 21.3. The van der Waals surface area contributed by atoms with Crippen molar-refractivity contribution in [1.29, 1.82) is 0 Å². The zero-order valence-corrected chi connectivity index (χ0v) is 16.2. The first-order chi connectivity index (χ1) is 13.8. The van der Waals surface area contributed by atoms with E-state index in [1.54, 1.807) is 6.92 Å². The van der Waals surface area contributed by atoms with Crippen molar-refractivity contribution in [3.8, 4) is 11.5 Å². The molecule has 2 unspecified atom stereocenters. The van der Waals surface area contributed by atoms with Crippen LogP contribution in [0.1, 0.15) is 30.9 Å². The smallest absolute Gasteiger partial charge is 0.339 e. The third-order valence-corrected chi connectivity index (χ3v) is 5.24. The minimum absolute atomic E-state index is 0.148. The van der Waals surface area contributed by atoms with Gasteiger partial charge in [-0.25, -0.2) is 4.79 Å². The van der Waals surface area contributed by atoms with Gasteiger partial charge in [0.05, 0.1) is 6.61 Å². The Kier molecular flexibility index (Phi) is 6.45. The predicted molar refractivity (Wildman–Crippen MR) is 102 cm³/mol. The summed E-state index contributed by atoms with van der Waals surface area (Å²) in [6, 6.07) is 2.69. The Morgan fingerprint density at radius 1 is 1.14 bits per heavy atom. The summed E-state index contributed by atoms with van der Waals surface area (Å²) in [5, 5.41) is 50.0. The van der Waals surface area contributed by atoms with Crippen molar-refractivity contribution in [2.45, 2.75) is 63.8 Å². The van der Waals surface area contributed by atoms with Gasteiger partial charge in [-0.1, -0.05) is 13.3 Å². The number of phenolic OH excluding ortho intramolecular Hbond substituents is 1. The summed E-state index contributed by atoms with van der Waals surface area (Å²) < 4.78 is 16.1. The van der Waals surface area contributed by atoms with Crippen LogP contribution in [0.5, 0.6) is 11.5 Å². The minimum atomic E-state index is -1.63. The van der Waals surface area contributed by atoms with Gasteiger partial charge >= 0.3 is 5.63 Å². The second-order valence-corrected chi connectivity index (χ2v) is 7.23. The number of benzene rings is 1. The number of aryl methyl sites for hydroxylation is 1. The lowest BCUT2D eigenvalue weighted by molar-refractivity contribution is -0.277. The summed E-state index contributed by atoms with van der Waals surface area (Å²) in [6.45, 7) is 3.19. The van der Waals surface area contributed by atoms with Crippen LogP contribution in [0.4, 0.5) is 0 Å². The highest BCUT2D eigenvalue weighted by Crippen LogP contribution is 2.35. The molecule has 160 valence electrons. The van der Waals surface area contributed by atoms with Crippen molar-refractivity contribution in [1.82, 2.24) is 0 Å². The first-order valence-electron chi connectivity index (χ1n) is 9.54. The maximum absolute atomic E-state index is 12.3. The number of aliphatic hydroxyl groups excluding tert-OH is 4. The molecule has 9 nitrogen and oxygen atoms in total. The number of hydrogen-bond donors (Lipinski definition) is 5. The van der Waals surface area contributed by atoms with Crippen molar-refractivity contribution in [2.24, 2.45) is 0 Å². The first kappa shape index (κ1) is 21.5. The number of unbranched alkanes of at least 4 members (excludes halogenated alkanes) is 1. The van der Waals surface area contributed by atoms with E-state index in [0.29, 0.717) is 22.9 Å². The van der Waals surface area contributed by atoms with Crippen LogP contribution in [0.25, 0.3) is 11.0 Å². The van der Waals surface area contributed by atoms with E-state index >= 15 is 0 Å². The summed E-state index contributed by atoms with van der Waals surface area (Å²) in [5.74, 6) is -0.432. The lowest BCUT2D eigenvalue weighted by Gasteiger charge is -2.39. The highest BCUT2D eigenvalue weighted by atomic mass is 16.7. The molecule has 1 fully saturated rings. The summed E-state index contributed by atoms with van der Waals surface area (Å²) in [6.07, 6.45) is -5.06. The van der Waals surface area contributed by atoms with E-state index in [0.717, 1.165) is 12.8 Å². The number of fused-ring (bicyclic) bond motifs is 1. The lowest BCUT2D eigenvalue weighted by atomic mass is 9.99. The SMILES string of the molecule is CCCCc1c(C)c2cc(O)c(O[C@@H]3OC(CO)[C@@H](O)[C@@H](O)C3O)cc2oc1=O. The van der Waals surface area contributed by atoms with E-state index in [1.807, 2.05) is 6.92 Å². The summed E-state index contributed by atoms with van der Waals surface area (Å²) in [4.78, 5) is 12.3. The highest BCUT2D eigenvalue weighted by Gasteiger charge is 2.45. The Hall–Kier alpha value is -2.17. The highest BCUT2D eigenvalue weighted by molar-refractivity contribution is 5.84. The second kappa shape index (κ2) is 8.68. The van der Waals surface area contributed by atoms with E-state index in [-0.39, 0.29) is 17.1 Å². The van der Waals surface area contributed by atoms with Gasteiger partial charge in [-0.3, -0.25) is 0 Å². The number of phenols is 1. The molecule has 9 heteroatoms. The lowest BCUT2D eigenvalue weighted by Crippen LogP contribution is -2.60. The molecule has 0 bridgehead atoms. The first-order valence-corrected chi connectivity index (χ1v) is 9.54. The molecule has 5 atom stereocenters. The molecule has 29 heavy (non-hydrogen) atoms. The summed E-state index contributed by atoms with van der Waals surface area (Å²) >= 11 is 0. The van der Waals surface area contributed by atoms with Crippen LogP contribution in [0.15, 0.2) is 21.3 Å². The Labute approximate surface area is 166 Å². The predicted octanol–water partition coefficient (Wildman–Crippen LogP) is 0.328. The topological polar surface area (TPSA) is 150 Å². The standard InChI is InChI=1S/C20H26O9/c1-3-4-5-10-9(2)11-6-12(22)14(7-13(11)27-19(10)26)28-20-18(25)17(24)16(23)15(8-21)29-20/h6-7,15-18,20-25H,3-5,8H2,1-2H3/t15?,16-,17-,18?,20-/m1/s1. The van der Waals surface area contributed by atoms with Gasteiger partial charge in [-0.15, -0.1) is 0 Å². The molecule has 0 radical (unpaired) electrons. The second-order valence-electron chi connectivity index (χ2n) is 7.23. The molecule has 3 rings (SSSR count). The fourth-order valence-electron chi connectivity index (χ4n) is 3.43. The van der Waals surface area contributed by atoms with Crippen LogP contribution >= 0.6 is 0 Å². The van der Waals surface area contributed by atoms with Gasteiger partial charge in [0.1, 0.15) is 30.0 Å². The van der Waals surface area contributed by atoms with Crippen LogP contribution in [-0.4, -0.2) is 62.8 Å². The van der Waals surface area contributed by atoms with Gasteiger partial charge in [0.15, 0.2) is 11.5 Å². The monoisotopic (exact) mass is 410 g/mol. The Morgan fingerprint density at radius 3 is 2.52 bits per heavy atom. The third-order valence-electron chi connectivity index (χ3n) is 5.24. The van der Waals surface area contributed by atoms with Crippen molar-refractivity contribution >= 4 is 11.0 Å². The van der Waals surface area contributed by atoms with Crippen LogP contribution in [-0.2, 0) is 11.2 Å². The van der Waals surface area contributed by atoms with Crippen LogP contribution in [0.2, 0.25) is 0 Å². The molecule has 1 aromatic heterocycles. The molecule has 5 N–H and O–H groups in total. The van der Waals surface area contributed by atoms with E-state index in [4.69, 9.17) is 13.9 Å². The molecule has 0 amide bonds. The molecule has 0 spiro atoms. The van der Waals surface area contributed by atoms with Gasteiger partial charge < -0.3 is 39.4 Å². The fraction of sp³-hybridized carbons (Fsp3) is 0.550. The molecular weight excluding hydrogens is 384 g/mol. The fourth-order valence-corrected chi connectivity index (χ4v) is 3.43. The molecule has 1 aliphatic rings. The molecule has 2 aromatic rings. The molecule has 1 aromatic carbocycles. The van der Waals surface area contributed by atoms with Crippen molar-refractivity contribution in [3.05, 3.63) is 33.7 Å². The number of aliphatic hydroxyl groups is 4. The summed E-state index contributed by atoms with van der Waals surface area (Å²) in [5.41, 5.74) is 0.985. The van der Waals surface area contributed by atoms with E-state index < -0.39 is 42.9 Å². The van der Waals surface area contributed by atoms with E-state index in [1.165, 1.54) is 12.1 Å². The van der Waals surface area contributed by atoms with Crippen molar-refractivity contribution in [2.75, 3.05) is 6.61 Å². The van der Waals surface area contributed by atoms with Gasteiger partial charge in [-0.2, -0.15) is 0 Å². The van der Waals surface area contributed by atoms with E-state index in [2.05, 4.69) is 0 Å². The number of ether oxygens (including phenoxy) is 2. The summed E-state index contributed by atoms with van der Waals surface area (Å²) in [7, 11) is 0. The van der Waals surface area contributed by atoms with Gasteiger partial charge in [0.2, 0.25) is 6.29 Å². The average molecular weight is 410 g/mol. The largest absolute Gasteiger partial charge is 0.504 e. The Bertz CT molecular complexity index is 920. The van der Waals surface area contributed by atoms with Crippen LogP contribution in [0.3, 0.4) is 0 Å². The average Bonchev–Trinajstić information content (AvgIpc) is 2.69. The third kappa shape index (κ3) is 4.10. The Balaban J connectivity index is 1.94. The molecular formula is C20H26O9. The van der Waals surface area contributed by atoms with Gasteiger partial charge in [0.25, 0.3) is 0 Å². The molecule has 1 saturated heterocycles. The molecule has 0 saturated carbocycles. The quantitative estimate of drug-likeness (QED) is 0.425. The maximum atomic E-state index is 12.3. The molecule has 1 aliphatic heterocycles. The van der Waals surface area contributed by atoms with Crippen LogP contribution in [0, 0.1) is 6.92 Å². The zero-order valence-electron chi connectivity index (χ0n) is 16.2. The van der Waals surface area contributed by atoms with Crippen LogP contribution < -0.4 is 10.4 Å². The normalized spacial score (nSPS) is 27.3. The van der Waals surface area contributed by atoms with Gasteiger partial charge in [-0.05, 0) is 31.4 Å². The Morgan fingerprint density at radius 2 is 1.86 bits per heavy atom. The maximum Gasteiger partial charge on any atom is 0.339 e. The molecule has 2 heterocycles. The number of aromatic hydroxyl groups is 1. The van der Waals surface area contributed by atoms with Crippen molar-refractivity contribution in [3.63, 3.8) is 0 Å². The van der Waals surface area contributed by atoms with Crippen molar-refractivity contribution < 1.29 is 39.4 Å². The minimum Gasteiger partial charge on any atom is -0.504 e. The molecule has 0 aliphatic carbocycles. The number of hydrogen-bond acceptors (Lipinski definition) is 9.